The minimum atomic E-state index is -0.307. The van der Waals surface area contributed by atoms with E-state index in [0.717, 1.165) is 36.6 Å². The first-order valence-electron chi connectivity index (χ1n) is 6.31. The first-order valence-corrected chi connectivity index (χ1v) is 7.72. The molecule has 1 aliphatic heterocycles. The van der Waals surface area contributed by atoms with Crippen LogP contribution in [0.5, 0.6) is 0 Å². The third-order valence-electron chi connectivity index (χ3n) is 3.14. The second kappa shape index (κ2) is 7.19. The molecule has 1 aromatic rings. The van der Waals surface area contributed by atoms with Gasteiger partial charge in [0.15, 0.2) is 0 Å². The monoisotopic (exact) mass is 303 g/mol. The van der Waals surface area contributed by atoms with Crippen molar-refractivity contribution in [2.24, 2.45) is 5.73 Å². The van der Waals surface area contributed by atoms with Crippen LogP contribution in [0, 0.1) is 0 Å². The van der Waals surface area contributed by atoms with E-state index in [1.54, 1.807) is 11.3 Å². The summed E-state index contributed by atoms with van der Waals surface area (Å²) in [6.07, 6.45) is 1.86. The van der Waals surface area contributed by atoms with E-state index < -0.39 is 0 Å². The Hall–Kier alpha value is -0.690. The lowest BCUT2D eigenvalue weighted by Crippen LogP contribution is -2.52. The van der Waals surface area contributed by atoms with Gasteiger partial charge in [0, 0.05) is 18.3 Å². The number of carbonyl (C=O) groups excluding carboxylic acids is 1. The number of ether oxygens (including phenoxy) is 1. The van der Waals surface area contributed by atoms with Crippen molar-refractivity contribution < 1.29 is 9.53 Å². The summed E-state index contributed by atoms with van der Waals surface area (Å²) in [5.41, 5.74) is 6.31. The van der Waals surface area contributed by atoms with Crippen molar-refractivity contribution >= 4 is 28.8 Å². The van der Waals surface area contributed by atoms with Crippen LogP contribution in [0.25, 0.3) is 0 Å². The third kappa shape index (κ3) is 4.14. The molecule has 1 saturated heterocycles. The minimum absolute atomic E-state index is 0.288. The predicted octanol–water partition coefficient (Wildman–Crippen LogP) is 1.00. The number of thiazole rings is 1. The van der Waals surface area contributed by atoms with Crippen LogP contribution in [-0.4, -0.2) is 48.1 Å². The summed E-state index contributed by atoms with van der Waals surface area (Å²) in [7, 11) is 0. The normalized spacial score (nSPS) is 20.6. The van der Waals surface area contributed by atoms with E-state index >= 15 is 0 Å². The van der Waals surface area contributed by atoms with Gasteiger partial charge in [-0.3, -0.25) is 9.69 Å². The van der Waals surface area contributed by atoms with Crippen LogP contribution < -0.4 is 5.73 Å². The molecule has 1 fully saturated rings. The zero-order valence-electron chi connectivity index (χ0n) is 10.7. The van der Waals surface area contributed by atoms with Crippen LogP contribution in [0.3, 0.4) is 0 Å². The Morgan fingerprint density at radius 1 is 1.68 bits per heavy atom. The lowest BCUT2D eigenvalue weighted by atomic mass is 10.2. The molecule has 1 aromatic heterocycles. The highest BCUT2D eigenvalue weighted by atomic mass is 35.5. The highest BCUT2D eigenvalue weighted by Crippen LogP contribution is 2.14. The lowest BCUT2D eigenvalue weighted by molar-refractivity contribution is -0.129. The van der Waals surface area contributed by atoms with Gasteiger partial charge < -0.3 is 10.5 Å². The Kier molecular flexibility index (Phi) is 5.57. The summed E-state index contributed by atoms with van der Waals surface area (Å²) < 4.78 is 5.29. The van der Waals surface area contributed by atoms with Crippen molar-refractivity contribution in [2.45, 2.75) is 24.8 Å². The van der Waals surface area contributed by atoms with Gasteiger partial charge in [-0.25, -0.2) is 4.98 Å². The summed E-state index contributed by atoms with van der Waals surface area (Å²) in [6, 6.07) is -0.288. The molecule has 19 heavy (non-hydrogen) atoms. The molecule has 0 aliphatic carbocycles. The van der Waals surface area contributed by atoms with Gasteiger partial charge in [-0.15, -0.1) is 22.9 Å². The predicted molar refractivity (Wildman–Crippen MR) is 75.4 cm³/mol. The number of hydrogen-bond donors (Lipinski definition) is 1. The van der Waals surface area contributed by atoms with Crippen molar-refractivity contribution in [2.75, 3.05) is 26.3 Å². The molecular formula is C12H18ClN3O2S. The Labute approximate surface area is 121 Å². The van der Waals surface area contributed by atoms with E-state index in [1.165, 1.54) is 0 Å². The summed E-state index contributed by atoms with van der Waals surface area (Å²) in [5.74, 6) is 0.155. The van der Waals surface area contributed by atoms with Crippen molar-refractivity contribution in [3.05, 3.63) is 16.1 Å². The Balaban J connectivity index is 1.79. The first kappa shape index (κ1) is 14.7. The van der Waals surface area contributed by atoms with Gasteiger partial charge in [0.05, 0.1) is 29.8 Å². The second-order valence-electron chi connectivity index (χ2n) is 4.50. The van der Waals surface area contributed by atoms with Crippen LogP contribution in [0.15, 0.2) is 5.38 Å². The molecule has 0 bridgehead atoms. The number of amides is 1. The molecular weight excluding hydrogens is 286 g/mol. The average Bonchev–Trinajstić information content (AvgIpc) is 2.87. The van der Waals surface area contributed by atoms with Gasteiger partial charge in [0.2, 0.25) is 5.91 Å². The zero-order valence-corrected chi connectivity index (χ0v) is 12.3. The van der Waals surface area contributed by atoms with Crippen LogP contribution in [0.4, 0.5) is 0 Å². The molecule has 1 unspecified atom stereocenters. The quantitative estimate of drug-likeness (QED) is 0.796. The summed E-state index contributed by atoms with van der Waals surface area (Å²) in [5, 5.41) is 3.09. The summed E-state index contributed by atoms with van der Waals surface area (Å²) in [6.45, 7) is 2.67. The number of alkyl halides is 1. The maximum Gasteiger partial charge on any atom is 0.237 e. The van der Waals surface area contributed by atoms with E-state index in [4.69, 9.17) is 22.1 Å². The number of rotatable bonds is 6. The van der Waals surface area contributed by atoms with Crippen LogP contribution in [-0.2, 0) is 21.8 Å². The Morgan fingerprint density at radius 2 is 2.53 bits per heavy atom. The molecule has 0 aromatic carbocycles. The molecule has 0 saturated carbocycles. The van der Waals surface area contributed by atoms with E-state index in [0.29, 0.717) is 19.1 Å². The van der Waals surface area contributed by atoms with E-state index in [2.05, 4.69) is 9.88 Å². The highest BCUT2D eigenvalue weighted by molar-refractivity contribution is 7.09. The topological polar surface area (TPSA) is 68.5 Å². The zero-order chi connectivity index (χ0) is 13.7. The van der Waals surface area contributed by atoms with Gasteiger partial charge in [-0.1, -0.05) is 0 Å². The molecule has 0 radical (unpaired) electrons. The number of nitrogens with two attached hydrogens (primary N) is 1. The molecule has 1 aliphatic rings. The van der Waals surface area contributed by atoms with E-state index in [-0.39, 0.29) is 11.9 Å². The lowest BCUT2D eigenvalue weighted by Gasteiger charge is -2.33. The molecule has 2 heterocycles. The molecule has 1 atom stereocenters. The number of carbonyl (C=O) groups is 1. The van der Waals surface area contributed by atoms with Gasteiger partial charge in [0.25, 0.3) is 0 Å². The van der Waals surface area contributed by atoms with E-state index in [1.807, 2.05) is 5.38 Å². The Morgan fingerprint density at radius 3 is 3.21 bits per heavy atom. The van der Waals surface area contributed by atoms with Crippen molar-refractivity contribution in [1.29, 1.82) is 0 Å². The van der Waals surface area contributed by atoms with Crippen molar-refractivity contribution in [3.8, 4) is 0 Å². The summed E-state index contributed by atoms with van der Waals surface area (Å²) in [4.78, 5) is 17.8. The van der Waals surface area contributed by atoms with Gasteiger partial charge >= 0.3 is 0 Å². The fourth-order valence-corrected chi connectivity index (χ4v) is 3.19. The number of aryl methyl sites for hydroxylation is 1. The van der Waals surface area contributed by atoms with Gasteiger partial charge in [0.1, 0.15) is 6.04 Å². The molecule has 5 nitrogen and oxygen atoms in total. The fourth-order valence-electron chi connectivity index (χ4n) is 2.13. The maximum absolute atomic E-state index is 11.3. The molecule has 2 rings (SSSR count). The standard InChI is InChI=1S/C12H18ClN3O2S/c13-6-9-8-19-11(15-9)2-1-3-16-4-5-18-7-10(16)12(14)17/h8,10H,1-7H2,(H2,14,17). The summed E-state index contributed by atoms with van der Waals surface area (Å²) >= 11 is 7.36. The SMILES string of the molecule is NC(=O)C1COCCN1CCCc1nc(CCl)cs1. The van der Waals surface area contributed by atoms with Crippen molar-refractivity contribution in [3.63, 3.8) is 0 Å². The van der Waals surface area contributed by atoms with E-state index in [9.17, 15) is 4.79 Å². The molecule has 1 amide bonds. The largest absolute Gasteiger partial charge is 0.378 e. The first-order chi connectivity index (χ1) is 9.20. The van der Waals surface area contributed by atoms with Crippen LogP contribution >= 0.6 is 22.9 Å². The molecule has 7 heteroatoms. The van der Waals surface area contributed by atoms with Crippen LogP contribution in [0.2, 0.25) is 0 Å². The van der Waals surface area contributed by atoms with Gasteiger partial charge in [-0.2, -0.15) is 0 Å². The molecule has 0 spiro atoms. The number of aromatic nitrogens is 1. The number of nitrogens with zero attached hydrogens (tertiary/aromatic N) is 2. The van der Waals surface area contributed by atoms with Gasteiger partial charge in [-0.05, 0) is 13.0 Å². The number of morpholine rings is 1. The second-order valence-corrected chi connectivity index (χ2v) is 5.71. The number of primary amides is 1. The maximum atomic E-state index is 11.3. The highest BCUT2D eigenvalue weighted by Gasteiger charge is 2.26. The third-order valence-corrected chi connectivity index (χ3v) is 4.37. The molecule has 2 N–H and O–H groups in total. The van der Waals surface area contributed by atoms with Crippen LogP contribution in [0.1, 0.15) is 17.1 Å². The molecule has 106 valence electrons. The average molecular weight is 304 g/mol. The minimum Gasteiger partial charge on any atom is -0.378 e. The number of halogens is 1. The smallest absolute Gasteiger partial charge is 0.237 e. The number of hydrogen-bond acceptors (Lipinski definition) is 5. The Bertz CT molecular complexity index is 427. The fraction of sp³-hybridized carbons (Fsp3) is 0.667. The van der Waals surface area contributed by atoms with Crippen molar-refractivity contribution in [1.82, 2.24) is 9.88 Å².